The number of thioether (sulfide) groups is 1. The highest BCUT2D eigenvalue weighted by Gasteiger charge is 2.02. The number of hydrogen-bond donors (Lipinski definition) is 0. The van der Waals surface area contributed by atoms with Crippen LogP contribution in [0.2, 0.25) is 0 Å². The molecule has 0 bridgehead atoms. The molecular formula is C38H56S. The molecule has 0 aromatic heterocycles. The Hall–Kier alpha value is -2.51. The van der Waals surface area contributed by atoms with Crippen LogP contribution in [-0.4, -0.2) is 0 Å². The van der Waals surface area contributed by atoms with Crippen LogP contribution in [0.1, 0.15) is 109 Å². The van der Waals surface area contributed by atoms with Gasteiger partial charge in [0.2, 0.25) is 0 Å². The van der Waals surface area contributed by atoms with Gasteiger partial charge in [-0.05, 0) is 111 Å². The van der Waals surface area contributed by atoms with E-state index in [2.05, 4.69) is 143 Å². The van der Waals surface area contributed by atoms with E-state index >= 15 is 0 Å². The topological polar surface area (TPSA) is 0 Å². The Morgan fingerprint density at radius 2 is 1.26 bits per heavy atom. The summed E-state index contributed by atoms with van der Waals surface area (Å²) in [4.78, 5) is 1.08. The highest BCUT2D eigenvalue weighted by atomic mass is 32.2. The number of benzene rings is 2. The fourth-order valence-electron chi connectivity index (χ4n) is 3.65. The molecule has 0 fully saturated rings. The van der Waals surface area contributed by atoms with Crippen LogP contribution < -0.4 is 0 Å². The second-order valence-corrected chi connectivity index (χ2v) is 11.5. The quantitative estimate of drug-likeness (QED) is 0.268. The van der Waals surface area contributed by atoms with Gasteiger partial charge in [0.1, 0.15) is 0 Å². The maximum Gasteiger partial charge on any atom is 0.0116 e. The average molecular weight is 545 g/mol. The van der Waals surface area contributed by atoms with Gasteiger partial charge in [0.15, 0.2) is 0 Å². The van der Waals surface area contributed by atoms with Gasteiger partial charge in [0.25, 0.3) is 0 Å². The molecule has 0 unspecified atom stereocenters. The molecule has 0 atom stereocenters. The molecule has 2 aromatic carbocycles. The summed E-state index contributed by atoms with van der Waals surface area (Å²) in [5.74, 6) is 0. The van der Waals surface area contributed by atoms with E-state index in [1.807, 2.05) is 0 Å². The molecule has 0 aliphatic rings. The highest BCUT2D eigenvalue weighted by Crippen LogP contribution is 2.29. The maximum atomic E-state index is 4.20. The molecule has 0 radical (unpaired) electrons. The van der Waals surface area contributed by atoms with Gasteiger partial charge in [-0.1, -0.05) is 132 Å². The smallest absolute Gasteiger partial charge is 0.0116 e. The van der Waals surface area contributed by atoms with Gasteiger partial charge in [0, 0.05) is 4.91 Å². The van der Waals surface area contributed by atoms with Crippen molar-refractivity contribution in [3.63, 3.8) is 0 Å². The zero-order valence-corrected chi connectivity index (χ0v) is 27.9. The molecule has 0 saturated heterocycles. The molecule has 0 aliphatic heterocycles. The van der Waals surface area contributed by atoms with Gasteiger partial charge in [-0.2, -0.15) is 0 Å². The van der Waals surface area contributed by atoms with Crippen molar-refractivity contribution in [1.29, 1.82) is 0 Å². The van der Waals surface area contributed by atoms with Crippen molar-refractivity contribution in [2.45, 2.75) is 108 Å². The third kappa shape index (κ3) is 15.0. The van der Waals surface area contributed by atoms with Gasteiger partial charge in [0.05, 0.1) is 0 Å². The van der Waals surface area contributed by atoms with E-state index in [4.69, 9.17) is 0 Å². The molecule has 214 valence electrons. The lowest BCUT2D eigenvalue weighted by atomic mass is 9.99. The van der Waals surface area contributed by atoms with Crippen LogP contribution in [0.5, 0.6) is 0 Å². The van der Waals surface area contributed by atoms with Crippen molar-refractivity contribution in [2.75, 3.05) is 0 Å². The number of hydrogen-bond acceptors (Lipinski definition) is 1. The number of allylic oxidation sites excluding steroid dienone is 6. The summed E-state index contributed by atoms with van der Waals surface area (Å²) in [6, 6.07) is 15.3. The summed E-state index contributed by atoms with van der Waals surface area (Å²) >= 11 is 1.69. The summed E-state index contributed by atoms with van der Waals surface area (Å²) in [6.07, 6.45) is 8.51. The van der Waals surface area contributed by atoms with E-state index in [1.54, 1.807) is 11.8 Å². The molecule has 0 aliphatic carbocycles. The maximum absolute atomic E-state index is 4.20. The first-order valence-corrected chi connectivity index (χ1v) is 15.5. The molecule has 0 amide bonds. The number of aryl methyl sites for hydroxylation is 4. The molecule has 0 spiro atoms. The van der Waals surface area contributed by atoms with E-state index < -0.39 is 0 Å². The largest absolute Gasteiger partial charge is 0.0978 e. The van der Waals surface area contributed by atoms with Crippen molar-refractivity contribution in [3.05, 3.63) is 123 Å². The number of unbranched alkanes of at least 4 members (excludes halogenated alkanes) is 2. The lowest BCUT2D eigenvalue weighted by Gasteiger charge is -2.09. The molecule has 0 saturated carbocycles. The van der Waals surface area contributed by atoms with Crippen LogP contribution in [0.15, 0.2) is 95.0 Å². The van der Waals surface area contributed by atoms with Crippen LogP contribution in [0, 0.1) is 13.8 Å². The van der Waals surface area contributed by atoms with E-state index in [0.29, 0.717) is 0 Å². The second kappa shape index (κ2) is 20.4. The van der Waals surface area contributed by atoms with Crippen molar-refractivity contribution >= 4 is 16.7 Å². The molecule has 0 nitrogen and oxygen atoms in total. The van der Waals surface area contributed by atoms with Gasteiger partial charge in [-0.3, -0.25) is 0 Å². The third-order valence-electron chi connectivity index (χ3n) is 6.73. The molecule has 0 heterocycles. The van der Waals surface area contributed by atoms with Crippen molar-refractivity contribution < 1.29 is 0 Å². The molecular weight excluding hydrogens is 488 g/mol. The van der Waals surface area contributed by atoms with Gasteiger partial charge in [-0.25, -0.2) is 0 Å². The SMILES string of the molecule is C=C(C)C(/C=C(C)/C(C)=C/SC(=C)c1ccc(CC)cc1)=C(C)C.CCCCC.CCc1ccc(C)c(C)c1. The predicted octanol–water partition coefficient (Wildman–Crippen LogP) is 12.8. The van der Waals surface area contributed by atoms with Gasteiger partial charge < -0.3 is 0 Å². The minimum absolute atomic E-state index is 1.07. The molecule has 0 N–H and O–H groups in total. The molecule has 1 heteroatoms. The van der Waals surface area contributed by atoms with Gasteiger partial charge in [-0.15, -0.1) is 0 Å². The van der Waals surface area contributed by atoms with Crippen LogP contribution in [0.25, 0.3) is 4.91 Å². The Morgan fingerprint density at radius 1 is 0.718 bits per heavy atom. The van der Waals surface area contributed by atoms with Crippen LogP contribution in [0.4, 0.5) is 0 Å². The van der Waals surface area contributed by atoms with Crippen LogP contribution in [-0.2, 0) is 12.8 Å². The first-order valence-electron chi connectivity index (χ1n) is 14.6. The molecule has 2 aromatic rings. The Labute approximate surface area is 247 Å². The highest BCUT2D eigenvalue weighted by molar-refractivity contribution is 8.10. The summed E-state index contributed by atoms with van der Waals surface area (Å²) < 4.78 is 0. The summed E-state index contributed by atoms with van der Waals surface area (Å²) in [7, 11) is 0. The summed E-state index contributed by atoms with van der Waals surface area (Å²) in [5, 5.41) is 2.18. The zero-order valence-electron chi connectivity index (χ0n) is 27.1. The monoisotopic (exact) mass is 544 g/mol. The predicted molar refractivity (Wildman–Crippen MR) is 184 cm³/mol. The van der Waals surface area contributed by atoms with Crippen molar-refractivity contribution in [2.24, 2.45) is 0 Å². The first-order chi connectivity index (χ1) is 18.4. The lowest BCUT2D eigenvalue weighted by molar-refractivity contribution is 0.772. The van der Waals surface area contributed by atoms with Crippen molar-refractivity contribution in [1.82, 2.24) is 0 Å². The Kier molecular flexibility index (Phi) is 19.1. The molecule has 39 heavy (non-hydrogen) atoms. The Bertz CT molecular complexity index is 1110. The summed E-state index contributed by atoms with van der Waals surface area (Å²) in [5.41, 5.74) is 12.9. The first kappa shape index (κ1) is 36.5. The fraction of sp³-hybridized carbons (Fsp3) is 0.421. The van der Waals surface area contributed by atoms with E-state index in [1.165, 1.54) is 69.4 Å². The molecule has 2 rings (SSSR count). The lowest BCUT2D eigenvalue weighted by Crippen LogP contribution is -1.87. The second-order valence-electron chi connectivity index (χ2n) is 10.5. The fourth-order valence-corrected chi connectivity index (χ4v) is 4.43. The van der Waals surface area contributed by atoms with Crippen LogP contribution in [0.3, 0.4) is 0 Å². The Morgan fingerprint density at radius 3 is 1.67 bits per heavy atom. The van der Waals surface area contributed by atoms with Crippen LogP contribution >= 0.6 is 11.8 Å². The van der Waals surface area contributed by atoms with E-state index in [-0.39, 0.29) is 0 Å². The standard InChI is InChI=1S/C23H30S.C10H14.C5H12/c1-9-21-10-12-22(13-11-21)20(8)24-15-19(7)18(6)14-23(16(2)3)17(4)5;1-4-10-6-5-8(2)9(3)7-10;1-3-5-4-2/h10-15H,2,8-9H2,1,3-7H3;5-7H,4H2,1-3H3;3-5H2,1-2H3/b18-14+,19-15+;;. The Balaban J connectivity index is 0.000000784. The number of rotatable bonds is 10. The van der Waals surface area contributed by atoms with Crippen molar-refractivity contribution in [3.8, 4) is 0 Å². The van der Waals surface area contributed by atoms with Gasteiger partial charge >= 0.3 is 0 Å². The average Bonchev–Trinajstić information content (AvgIpc) is 2.92. The minimum Gasteiger partial charge on any atom is -0.0978 e. The minimum atomic E-state index is 1.07. The third-order valence-corrected chi connectivity index (χ3v) is 7.72. The van der Waals surface area contributed by atoms with E-state index in [0.717, 1.165) is 23.3 Å². The zero-order chi connectivity index (χ0) is 30.0. The van der Waals surface area contributed by atoms with E-state index in [9.17, 15) is 0 Å². The summed E-state index contributed by atoms with van der Waals surface area (Å²) in [6.45, 7) is 32.0. The normalized spacial score (nSPS) is 11.1.